The molecule has 5 aromatic rings. The maximum atomic E-state index is 10.0. The number of allylic oxidation sites excluding steroid dienone is 2. The van der Waals surface area contributed by atoms with E-state index in [1.807, 2.05) is 24.3 Å². The SMILES string of the molecule is CC(=O)C=C(C)O.[Ir].[c-]1ccccc1-c1nc2cc3oc4ccccc4c3cc2c2c1C1CCC2C1. The molecule has 2 bridgehead atoms. The Kier molecular flexibility index (Phi) is 6.55. The van der Waals surface area contributed by atoms with Gasteiger partial charge >= 0.3 is 0 Å². The van der Waals surface area contributed by atoms with Gasteiger partial charge in [0.2, 0.25) is 0 Å². The molecule has 2 aromatic heterocycles. The van der Waals surface area contributed by atoms with E-state index in [0.717, 1.165) is 27.9 Å². The minimum atomic E-state index is -0.125. The van der Waals surface area contributed by atoms with Crippen molar-refractivity contribution in [3.05, 3.63) is 89.7 Å². The summed E-state index contributed by atoms with van der Waals surface area (Å²) in [6, 6.07) is 24.4. The van der Waals surface area contributed by atoms with Crippen LogP contribution in [0.3, 0.4) is 0 Å². The van der Waals surface area contributed by atoms with Gasteiger partial charge in [-0.05, 0) is 68.3 Å². The Morgan fingerprint density at radius 3 is 2.42 bits per heavy atom. The third-order valence-electron chi connectivity index (χ3n) is 7.19. The first kappa shape index (κ1) is 24.4. The van der Waals surface area contributed by atoms with Gasteiger partial charge < -0.3 is 9.52 Å². The molecule has 2 unspecified atom stereocenters. The number of aliphatic hydroxyl groups is 1. The second-order valence-corrected chi connectivity index (χ2v) is 9.63. The first-order chi connectivity index (χ1) is 17.0. The maximum Gasteiger partial charge on any atom is 0.155 e. The van der Waals surface area contributed by atoms with E-state index in [2.05, 4.69) is 42.5 Å². The summed E-state index contributed by atoms with van der Waals surface area (Å²) >= 11 is 0. The Bertz CT molecular complexity index is 1630. The first-order valence-corrected chi connectivity index (χ1v) is 12.1. The van der Waals surface area contributed by atoms with Crippen LogP contribution >= 0.6 is 0 Å². The number of ketones is 1. The van der Waals surface area contributed by atoms with Gasteiger partial charge in [0.05, 0.1) is 11.3 Å². The number of hydrogen-bond donors (Lipinski definition) is 1. The fourth-order valence-corrected chi connectivity index (χ4v) is 5.92. The Hall–Kier alpha value is -3.27. The Morgan fingerprint density at radius 1 is 0.972 bits per heavy atom. The molecule has 2 atom stereocenters. The second-order valence-electron chi connectivity index (χ2n) is 9.63. The van der Waals surface area contributed by atoms with Crippen molar-refractivity contribution in [2.75, 3.05) is 0 Å². The quantitative estimate of drug-likeness (QED) is 0.119. The predicted molar refractivity (Wildman–Crippen MR) is 140 cm³/mol. The van der Waals surface area contributed by atoms with E-state index in [-0.39, 0.29) is 31.6 Å². The van der Waals surface area contributed by atoms with Gasteiger partial charge in [-0.25, -0.2) is 0 Å². The van der Waals surface area contributed by atoms with Crippen molar-refractivity contribution in [3.8, 4) is 11.3 Å². The van der Waals surface area contributed by atoms with Gasteiger partial charge in [0.1, 0.15) is 11.2 Å². The zero-order valence-corrected chi connectivity index (χ0v) is 22.6. The molecule has 183 valence electrons. The van der Waals surface area contributed by atoms with Crippen LogP contribution < -0.4 is 0 Å². The molecule has 4 nitrogen and oxygen atoms in total. The van der Waals surface area contributed by atoms with Crippen molar-refractivity contribution >= 4 is 38.6 Å². The number of aliphatic hydroxyl groups excluding tert-OH is 1. The summed E-state index contributed by atoms with van der Waals surface area (Å²) in [5, 5.41) is 12.1. The van der Waals surface area contributed by atoms with Crippen LogP contribution in [0.15, 0.2) is 76.9 Å². The van der Waals surface area contributed by atoms with Gasteiger partial charge in [0, 0.05) is 48.4 Å². The van der Waals surface area contributed by atoms with E-state index in [1.54, 1.807) is 5.56 Å². The molecule has 1 fully saturated rings. The minimum Gasteiger partial charge on any atom is -0.512 e. The maximum absolute atomic E-state index is 10.0. The molecule has 0 amide bonds. The third-order valence-corrected chi connectivity index (χ3v) is 7.19. The van der Waals surface area contributed by atoms with Crippen molar-refractivity contribution in [1.82, 2.24) is 4.98 Å². The molecule has 7 rings (SSSR count). The normalized spacial score (nSPS) is 18.1. The van der Waals surface area contributed by atoms with Crippen molar-refractivity contribution < 1.29 is 34.4 Å². The molecule has 2 heterocycles. The van der Waals surface area contributed by atoms with Gasteiger partial charge in [-0.3, -0.25) is 9.78 Å². The van der Waals surface area contributed by atoms with Crippen LogP contribution in [0.1, 0.15) is 56.1 Å². The predicted octanol–water partition coefficient (Wildman–Crippen LogP) is 8.00. The standard InChI is InChI=1S/C26H18NO.C5H8O2.Ir/c1-2-6-15(7-3-1)26-25-17-11-10-16(12-17)24(25)20-13-19-18-8-4-5-9-22(18)28-23(19)14-21(20)27-26;1-4(6)3-5(2)7;/h1-6,8-9,13-14,16-17H,10-12H2;3,6H,1-2H3;/q-1;;. The van der Waals surface area contributed by atoms with E-state index >= 15 is 0 Å². The number of furan rings is 1. The van der Waals surface area contributed by atoms with Crippen LogP contribution in [0, 0.1) is 6.07 Å². The number of benzene rings is 3. The molecule has 5 heteroatoms. The van der Waals surface area contributed by atoms with E-state index < -0.39 is 0 Å². The molecule has 3 aromatic carbocycles. The zero-order chi connectivity index (χ0) is 24.1. The second kappa shape index (κ2) is 9.65. The van der Waals surface area contributed by atoms with Crippen LogP contribution in [-0.2, 0) is 24.9 Å². The van der Waals surface area contributed by atoms with E-state index in [1.165, 1.54) is 60.9 Å². The molecule has 2 aliphatic carbocycles. The Balaban J connectivity index is 0.000000297. The van der Waals surface area contributed by atoms with Gasteiger partial charge in [-0.1, -0.05) is 23.8 Å². The summed E-state index contributed by atoms with van der Waals surface area (Å²) in [6.07, 6.45) is 5.04. The van der Waals surface area contributed by atoms with Gasteiger partial charge in [-0.2, -0.15) is 0 Å². The summed E-state index contributed by atoms with van der Waals surface area (Å²) in [6.45, 7) is 2.85. The van der Waals surface area contributed by atoms with Crippen LogP contribution in [-0.4, -0.2) is 15.9 Å². The monoisotopic (exact) mass is 653 g/mol. The smallest absolute Gasteiger partial charge is 0.155 e. The molecule has 0 aliphatic heterocycles. The summed E-state index contributed by atoms with van der Waals surface area (Å²) in [5.41, 5.74) is 8.18. The molecule has 1 radical (unpaired) electrons. The fourth-order valence-electron chi connectivity index (χ4n) is 5.92. The summed E-state index contributed by atoms with van der Waals surface area (Å²) < 4.78 is 6.14. The largest absolute Gasteiger partial charge is 0.512 e. The number of carbonyl (C=O) groups excluding carboxylic acids is 1. The average molecular weight is 653 g/mol. The van der Waals surface area contributed by atoms with Crippen LogP contribution in [0.4, 0.5) is 0 Å². The molecular weight excluding hydrogens is 627 g/mol. The van der Waals surface area contributed by atoms with Gasteiger partial charge in [-0.15, -0.1) is 35.9 Å². The summed E-state index contributed by atoms with van der Waals surface area (Å²) in [7, 11) is 0. The summed E-state index contributed by atoms with van der Waals surface area (Å²) in [4.78, 5) is 15.2. The summed E-state index contributed by atoms with van der Waals surface area (Å²) in [5.74, 6) is 1.26. The van der Waals surface area contributed by atoms with Crippen molar-refractivity contribution in [2.45, 2.75) is 44.9 Å². The fraction of sp³-hybridized carbons (Fsp3) is 0.226. The molecule has 2 aliphatic rings. The van der Waals surface area contributed by atoms with E-state index in [9.17, 15) is 4.79 Å². The zero-order valence-electron chi connectivity index (χ0n) is 20.2. The molecular formula is C31H26IrNO3-. The van der Waals surface area contributed by atoms with Crippen molar-refractivity contribution in [3.63, 3.8) is 0 Å². The Morgan fingerprint density at radius 2 is 1.72 bits per heavy atom. The number of fused-ring (bicyclic) bond motifs is 10. The topological polar surface area (TPSA) is 63.3 Å². The number of pyridine rings is 1. The number of para-hydroxylation sites is 1. The van der Waals surface area contributed by atoms with Crippen LogP contribution in [0.25, 0.3) is 44.1 Å². The van der Waals surface area contributed by atoms with Gasteiger partial charge in [0.15, 0.2) is 5.78 Å². The van der Waals surface area contributed by atoms with Gasteiger partial charge in [0.25, 0.3) is 0 Å². The number of rotatable bonds is 2. The minimum absolute atomic E-state index is 0. The van der Waals surface area contributed by atoms with E-state index in [4.69, 9.17) is 14.5 Å². The van der Waals surface area contributed by atoms with Crippen molar-refractivity contribution in [1.29, 1.82) is 0 Å². The molecule has 0 spiro atoms. The average Bonchev–Trinajstić information content (AvgIpc) is 3.56. The van der Waals surface area contributed by atoms with E-state index in [0.29, 0.717) is 11.8 Å². The number of carbonyl (C=O) groups is 1. The molecule has 36 heavy (non-hydrogen) atoms. The number of hydrogen-bond acceptors (Lipinski definition) is 4. The number of aromatic nitrogens is 1. The molecule has 1 saturated carbocycles. The number of nitrogens with zero attached hydrogens (tertiary/aromatic N) is 1. The first-order valence-electron chi connectivity index (χ1n) is 12.1. The molecule has 0 saturated heterocycles. The molecule has 1 N–H and O–H groups in total. The third kappa shape index (κ3) is 4.17. The van der Waals surface area contributed by atoms with Crippen LogP contribution in [0.2, 0.25) is 0 Å². The Labute approximate surface area is 223 Å². The van der Waals surface area contributed by atoms with Crippen molar-refractivity contribution in [2.24, 2.45) is 0 Å². The van der Waals surface area contributed by atoms with Crippen LogP contribution in [0.5, 0.6) is 0 Å².